The number of aromatic nitrogens is 2. The topological polar surface area (TPSA) is 82.0 Å². The Morgan fingerprint density at radius 2 is 1.48 bits per heavy atom. The second-order valence-corrected chi connectivity index (χ2v) is 8.86. The number of fused-ring (bicyclic) bond motifs is 2. The molecule has 33 heavy (non-hydrogen) atoms. The number of nitrogens with two attached hydrogens (primary N) is 1. The molecule has 2 aromatic carbocycles. The van der Waals surface area contributed by atoms with E-state index < -0.39 is 0 Å². The molecule has 0 radical (unpaired) electrons. The minimum Gasteiger partial charge on any atom is -0.350 e. The number of para-hydroxylation sites is 2. The number of amides is 2. The molecule has 6 rings (SSSR count). The predicted molar refractivity (Wildman–Crippen MR) is 130 cm³/mol. The van der Waals surface area contributed by atoms with Gasteiger partial charge in [0.25, 0.3) is 11.8 Å². The number of nitrogens with one attached hydrogen (secondary N) is 1. The number of hydrogen-bond donors (Lipinski definition) is 2. The van der Waals surface area contributed by atoms with Crippen molar-refractivity contribution in [3.05, 3.63) is 84.2 Å². The van der Waals surface area contributed by atoms with Gasteiger partial charge in [0.2, 0.25) is 0 Å². The van der Waals surface area contributed by atoms with Crippen LogP contribution >= 0.6 is 0 Å². The Hall–Kier alpha value is -3.90. The number of imide groups is 1. The van der Waals surface area contributed by atoms with Gasteiger partial charge in [-0.15, -0.1) is 0 Å². The molecule has 0 spiro atoms. The number of carbonyl (C=O) groups is 2. The normalized spacial score (nSPS) is 20.5. The number of allylic oxidation sites excluding steroid dienone is 1. The van der Waals surface area contributed by atoms with E-state index in [1.165, 1.54) is 0 Å². The fraction of sp³-hybridized carbons (Fsp3) is 0.185. The molecule has 2 aliphatic rings. The highest BCUT2D eigenvalue weighted by Crippen LogP contribution is 2.40. The van der Waals surface area contributed by atoms with Gasteiger partial charge in [0.05, 0.1) is 17.2 Å². The number of benzene rings is 2. The highest BCUT2D eigenvalue weighted by atomic mass is 16.2. The lowest BCUT2D eigenvalue weighted by Crippen LogP contribution is -2.22. The zero-order valence-electron chi connectivity index (χ0n) is 18.3. The summed E-state index contributed by atoms with van der Waals surface area (Å²) in [5.74, 6) is -0.360. The van der Waals surface area contributed by atoms with Crippen molar-refractivity contribution in [2.75, 3.05) is 6.54 Å². The maximum absolute atomic E-state index is 13.1. The van der Waals surface area contributed by atoms with Crippen LogP contribution in [0.3, 0.4) is 0 Å². The van der Waals surface area contributed by atoms with Crippen LogP contribution in [-0.4, -0.2) is 27.5 Å². The third kappa shape index (κ3) is 2.91. The van der Waals surface area contributed by atoms with Gasteiger partial charge in [0, 0.05) is 52.4 Å². The van der Waals surface area contributed by atoms with Crippen LogP contribution < -0.4 is 11.1 Å². The van der Waals surface area contributed by atoms with Gasteiger partial charge < -0.3 is 14.9 Å². The van der Waals surface area contributed by atoms with Crippen LogP contribution in [0.5, 0.6) is 0 Å². The molecule has 2 aromatic heterocycles. The minimum atomic E-state index is -0.354. The summed E-state index contributed by atoms with van der Waals surface area (Å²) in [6.45, 7) is 0.617. The lowest BCUT2D eigenvalue weighted by atomic mass is 9.95. The summed E-state index contributed by atoms with van der Waals surface area (Å²) in [4.78, 5) is 26.2. The SMILES string of the molecule is Cn1cc(C2=C(c3cn([C@@H]4C=C[C@H](CN)C4)c4ccccc34)C(=O)NC2=O)c2ccccc21. The van der Waals surface area contributed by atoms with E-state index in [2.05, 4.69) is 28.1 Å². The smallest absolute Gasteiger partial charge is 0.259 e. The summed E-state index contributed by atoms with van der Waals surface area (Å²) in [6, 6.07) is 16.1. The predicted octanol–water partition coefficient (Wildman–Crippen LogP) is 3.78. The molecule has 4 aromatic rings. The average molecular weight is 437 g/mol. The maximum atomic E-state index is 13.1. The monoisotopic (exact) mass is 436 g/mol. The molecule has 6 heteroatoms. The molecule has 1 aliphatic heterocycles. The lowest BCUT2D eigenvalue weighted by Gasteiger charge is -2.14. The number of aryl methyl sites for hydroxylation is 1. The first-order valence-corrected chi connectivity index (χ1v) is 11.2. The van der Waals surface area contributed by atoms with Crippen LogP contribution in [-0.2, 0) is 16.6 Å². The molecule has 1 aliphatic carbocycles. The van der Waals surface area contributed by atoms with Gasteiger partial charge in [-0.05, 0) is 31.0 Å². The molecule has 0 saturated carbocycles. The standard InChI is InChI=1S/C27H24N4O2/c1-30-14-20(18-6-2-4-8-22(18)30)24-25(27(33)29-26(24)32)21-15-31(17-11-10-16(12-17)13-28)23-9-5-3-7-19(21)23/h2-11,14-17H,12-13,28H2,1H3,(H,29,32,33)/t16-,17+/m0/s1. The van der Waals surface area contributed by atoms with E-state index in [-0.39, 0.29) is 17.9 Å². The Bertz CT molecular complexity index is 1520. The summed E-state index contributed by atoms with van der Waals surface area (Å²) in [5.41, 5.74) is 10.4. The van der Waals surface area contributed by atoms with Crippen molar-refractivity contribution in [3.8, 4) is 0 Å². The van der Waals surface area contributed by atoms with E-state index in [1.807, 2.05) is 66.5 Å². The van der Waals surface area contributed by atoms with Crippen molar-refractivity contribution in [1.29, 1.82) is 0 Å². The lowest BCUT2D eigenvalue weighted by molar-refractivity contribution is -0.122. The zero-order valence-corrected chi connectivity index (χ0v) is 18.3. The first kappa shape index (κ1) is 19.8. The number of rotatable bonds is 4. The van der Waals surface area contributed by atoms with Crippen molar-refractivity contribution < 1.29 is 9.59 Å². The van der Waals surface area contributed by atoms with Gasteiger partial charge in [-0.25, -0.2) is 0 Å². The van der Waals surface area contributed by atoms with Crippen LogP contribution in [0.2, 0.25) is 0 Å². The second-order valence-electron chi connectivity index (χ2n) is 8.86. The summed E-state index contributed by atoms with van der Waals surface area (Å²) in [5, 5.41) is 4.45. The van der Waals surface area contributed by atoms with Crippen molar-refractivity contribution >= 4 is 44.8 Å². The van der Waals surface area contributed by atoms with E-state index in [1.54, 1.807) is 0 Å². The molecule has 6 nitrogen and oxygen atoms in total. The molecule has 164 valence electrons. The van der Waals surface area contributed by atoms with Crippen LogP contribution in [0.1, 0.15) is 23.6 Å². The number of hydrogen-bond acceptors (Lipinski definition) is 3. The Labute approximate surface area is 191 Å². The molecule has 0 saturated heterocycles. The molecule has 0 bridgehead atoms. The third-order valence-electron chi connectivity index (χ3n) is 6.92. The number of carbonyl (C=O) groups excluding carboxylic acids is 2. The first-order valence-electron chi connectivity index (χ1n) is 11.2. The van der Waals surface area contributed by atoms with Gasteiger partial charge in [-0.2, -0.15) is 0 Å². The van der Waals surface area contributed by atoms with Gasteiger partial charge in [0.15, 0.2) is 0 Å². The van der Waals surface area contributed by atoms with E-state index in [0.717, 1.165) is 39.4 Å². The summed E-state index contributed by atoms with van der Waals surface area (Å²) in [6.07, 6.45) is 9.24. The quantitative estimate of drug-likeness (QED) is 0.377. The molecular weight excluding hydrogens is 412 g/mol. The minimum absolute atomic E-state index is 0.166. The maximum Gasteiger partial charge on any atom is 0.259 e. The molecule has 3 heterocycles. The molecular formula is C27H24N4O2. The first-order chi connectivity index (χ1) is 16.1. The Morgan fingerprint density at radius 1 is 0.879 bits per heavy atom. The summed E-state index contributed by atoms with van der Waals surface area (Å²) in [7, 11) is 1.95. The highest BCUT2D eigenvalue weighted by Gasteiger charge is 2.35. The Morgan fingerprint density at radius 3 is 2.15 bits per heavy atom. The Balaban J connectivity index is 1.61. The van der Waals surface area contributed by atoms with Gasteiger partial charge in [0.1, 0.15) is 0 Å². The van der Waals surface area contributed by atoms with Gasteiger partial charge >= 0.3 is 0 Å². The van der Waals surface area contributed by atoms with E-state index >= 15 is 0 Å². The van der Waals surface area contributed by atoms with Crippen molar-refractivity contribution in [1.82, 2.24) is 14.5 Å². The van der Waals surface area contributed by atoms with Crippen LogP contribution in [0, 0.1) is 5.92 Å². The highest BCUT2D eigenvalue weighted by molar-refractivity contribution is 6.50. The van der Waals surface area contributed by atoms with E-state index in [4.69, 9.17) is 5.73 Å². The van der Waals surface area contributed by atoms with Gasteiger partial charge in [-0.1, -0.05) is 48.6 Å². The van der Waals surface area contributed by atoms with Crippen LogP contribution in [0.25, 0.3) is 33.0 Å². The molecule has 2 amide bonds. The summed E-state index contributed by atoms with van der Waals surface area (Å²) >= 11 is 0. The number of nitrogens with zero attached hydrogens (tertiary/aromatic N) is 2. The molecule has 2 atom stereocenters. The van der Waals surface area contributed by atoms with E-state index in [9.17, 15) is 9.59 Å². The molecule has 0 unspecified atom stereocenters. The van der Waals surface area contributed by atoms with Crippen molar-refractivity contribution in [2.24, 2.45) is 18.7 Å². The van der Waals surface area contributed by atoms with Crippen LogP contribution in [0.4, 0.5) is 0 Å². The molecule has 0 fully saturated rings. The average Bonchev–Trinajstić information content (AvgIpc) is 3.58. The van der Waals surface area contributed by atoms with Crippen LogP contribution in [0.15, 0.2) is 73.1 Å². The van der Waals surface area contributed by atoms with Crippen molar-refractivity contribution in [3.63, 3.8) is 0 Å². The fourth-order valence-corrected chi connectivity index (χ4v) is 5.32. The van der Waals surface area contributed by atoms with Crippen molar-refractivity contribution in [2.45, 2.75) is 12.5 Å². The van der Waals surface area contributed by atoms with E-state index in [0.29, 0.717) is 23.6 Å². The zero-order chi connectivity index (χ0) is 22.7. The third-order valence-corrected chi connectivity index (χ3v) is 6.92. The van der Waals surface area contributed by atoms with Gasteiger partial charge in [-0.3, -0.25) is 14.9 Å². The Kier molecular flexibility index (Phi) is 4.38. The second kappa shape index (κ2) is 7.32. The fourth-order valence-electron chi connectivity index (χ4n) is 5.32. The summed E-state index contributed by atoms with van der Waals surface area (Å²) < 4.78 is 4.20. The molecule has 3 N–H and O–H groups in total. The largest absolute Gasteiger partial charge is 0.350 e.